The molecule has 0 aromatic heterocycles. The highest BCUT2D eigenvalue weighted by Crippen LogP contribution is 2.37. The molecule has 4 nitrogen and oxygen atoms in total. The van der Waals surface area contributed by atoms with Crippen LogP contribution in [0.15, 0.2) is 24.3 Å². The first kappa shape index (κ1) is 15.2. The van der Waals surface area contributed by atoms with Crippen molar-refractivity contribution in [3.63, 3.8) is 0 Å². The van der Waals surface area contributed by atoms with E-state index in [-0.39, 0.29) is 17.7 Å². The molecular formula is C15H22N2O2. The fraction of sp³-hybridized carbons (Fsp3) is 0.467. The Kier molecular flexibility index (Phi) is 5.55. The zero-order valence-electron chi connectivity index (χ0n) is 11.6. The third kappa shape index (κ3) is 4.09. The van der Waals surface area contributed by atoms with E-state index in [1.807, 2.05) is 13.0 Å². The molecule has 2 atom stereocenters. The van der Waals surface area contributed by atoms with Crippen molar-refractivity contribution in [2.24, 2.45) is 17.4 Å². The summed E-state index contributed by atoms with van der Waals surface area (Å²) in [6.07, 6.45) is 2.59. The van der Waals surface area contributed by atoms with Crippen LogP contribution in [-0.4, -0.2) is 11.8 Å². The van der Waals surface area contributed by atoms with Crippen LogP contribution in [0, 0.1) is 5.92 Å². The summed E-state index contributed by atoms with van der Waals surface area (Å²) >= 11 is 0. The minimum Gasteiger partial charge on any atom is -0.370 e. The topological polar surface area (TPSA) is 86.2 Å². The molecule has 4 heteroatoms. The number of aryl methyl sites for hydroxylation is 1. The first-order chi connectivity index (χ1) is 8.97. The predicted octanol–water partition coefficient (Wildman–Crippen LogP) is 1.72. The van der Waals surface area contributed by atoms with E-state index in [0.29, 0.717) is 12.3 Å². The second kappa shape index (κ2) is 6.92. The highest BCUT2D eigenvalue weighted by molar-refractivity contribution is 5.77. The van der Waals surface area contributed by atoms with Crippen LogP contribution < -0.4 is 11.5 Å². The lowest BCUT2D eigenvalue weighted by atomic mass is 9.88. The largest absolute Gasteiger partial charge is 0.370 e. The van der Waals surface area contributed by atoms with Gasteiger partial charge in [-0.2, -0.15) is 0 Å². The Bertz CT molecular complexity index is 457. The van der Waals surface area contributed by atoms with Crippen LogP contribution in [0.4, 0.5) is 0 Å². The SMILES string of the molecule is CC(C(N)=O)C1CCc2ccccc21.CCC(N)=O. The summed E-state index contributed by atoms with van der Waals surface area (Å²) in [7, 11) is 0. The number of benzene rings is 1. The molecule has 19 heavy (non-hydrogen) atoms. The van der Waals surface area contributed by atoms with Crippen molar-refractivity contribution in [3.8, 4) is 0 Å². The maximum absolute atomic E-state index is 11.1. The first-order valence-electron chi connectivity index (χ1n) is 6.62. The Morgan fingerprint density at radius 1 is 1.32 bits per heavy atom. The minimum absolute atomic E-state index is 0.0429. The van der Waals surface area contributed by atoms with Gasteiger partial charge in [0.15, 0.2) is 0 Å². The first-order valence-corrected chi connectivity index (χ1v) is 6.62. The monoisotopic (exact) mass is 262 g/mol. The number of rotatable bonds is 3. The van der Waals surface area contributed by atoms with E-state index in [9.17, 15) is 9.59 Å². The van der Waals surface area contributed by atoms with E-state index >= 15 is 0 Å². The van der Waals surface area contributed by atoms with Gasteiger partial charge in [-0.05, 0) is 29.9 Å². The molecule has 0 radical (unpaired) electrons. The van der Waals surface area contributed by atoms with Crippen molar-refractivity contribution in [2.45, 2.75) is 39.0 Å². The molecule has 0 heterocycles. The van der Waals surface area contributed by atoms with Crippen molar-refractivity contribution in [3.05, 3.63) is 35.4 Å². The van der Waals surface area contributed by atoms with Crippen LogP contribution in [0.25, 0.3) is 0 Å². The number of carbonyl (C=O) groups excluding carboxylic acids is 2. The Balaban J connectivity index is 0.000000312. The summed E-state index contributed by atoms with van der Waals surface area (Å²) in [4.78, 5) is 20.7. The number of amides is 2. The van der Waals surface area contributed by atoms with Gasteiger partial charge in [0, 0.05) is 12.3 Å². The van der Waals surface area contributed by atoms with Gasteiger partial charge in [-0.3, -0.25) is 9.59 Å². The van der Waals surface area contributed by atoms with Gasteiger partial charge in [0.1, 0.15) is 0 Å². The van der Waals surface area contributed by atoms with Gasteiger partial charge in [-0.25, -0.2) is 0 Å². The lowest BCUT2D eigenvalue weighted by Crippen LogP contribution is -2.25. The van der Waals surface area contributed by atoms with Crippen LogP contribution in [0.1, 0.15) is 43.7 Å². The van der Waals surface area contributed by atoms with Gasteiger partial charge in [0.05, 0.1) is 0 Å². The molecule has 0 saturated heterocycles. The third-order valence-corrected chi connectivity index (χ3v) is 3.58. The predicted molar refractivity (Wildman–Crippen MR) is 75.3 cm³/mol. The van der Waals surface area contributed by atoms with Gasteiger partial charge in [-0.1, -0.05) is 38.1 Å². The van der Waals surface area contributed by atoms with Gasteiger partial charge in [0.2, 0.25) is 11.8 Å². The average molecular weight is 262 g/mol. The molecule has 2 unspecified atom stereocenters. The molecular weight excluding hydrogens is 240 g/mol. The van der Waals surface area contributed by atoms with E-state index < -0.39 is 0 Å². The third-order valence-electron chi connectivity index (χ3n) is 3.58. The molecule has 0 aliphatic heterocycles. The molecule has 2 amide bonds. The molecule has 0 bridgehead atoms. The van der Waals surface area contributed by atoms with Crippen LogP contribution in [0.5, 0.6) is 0 Å². The van der Waals surface area contributed by atoms with E-state index in [0.717, 1.165) is 12.8 Å². The molecule has 104 valence electrons. The van der Waals surface area contributed by atoms with Gasteiger partial charge < -0.3 is 11.5 Å². The van der Waals surface area contributed by atoms with E-state index in [1.54, 1.807) is 6.92 Å². The second-order valence-electron chi connectivity index (χ2n) is 4.85. The molecule has 1 aliphatic carbocycles. The van der Waals surface area contributed by atoms with E-state index in [4.69, 9.17) is 5.73 Å². The standard InChI is InChI=1S/C12H15NO.C3H7NO/c1-8(12(13)14)10-7-6-9-4-2-3-5-11(9)10;1-2-3(4)5/h2-5,8,10H,6-7H2,1H3,(H2,13,14);2H2,1H3,(H2,4,5). The van der Waals surface area contributed by atoms with Crippen molar-refractivity contribution in [1.82, 2.24) is 0 Å². The van der Waals surface area contributed by atoms with Crippen LogP contribution in [0.3, 0.4) is 0 Å². The molecule has 4 N–H and O–H groups in total. The number of fused-ring (bicyclic) bond motifs is 1. The minimum atomic E-state index is -0.245. The lowest BCUT2D eigenvalue weighted by molar-refractivity contribution is -0.122. The van der Waals surface area contributed by atoms with Crippen LogP contribution in [0.2, 0.25) is 0 Å². The number of primary amides is 2. The Labute approximate surface area is 114 Å². The molecule has 0 spiro atoms. The quantitative estimate of drug-likeness (QED) is 0.869. The fourth-order valence-electron chi connectivity index (χ4n) is 2.31. The maximum Gasteiger partial charge on any atom is 0.220 e. The second-order valence-corrected chi connectivity index (χ2v) is 4.85. The average Bonchev–Trinajstić information content (AvgIpc) is 2.82. The van der Waals surface area contributed by atoms with Crippen LogP contribution in [-0.2, 0) is 16.0 Å². The molecule has 2 rings (SSSR count). The molecule has 0 saturated carbocycles. The van der Waals surface area contributed by atoms with Gasteiger partial charge in [0.25, 0.3) is 0 Å². The summed E-state index contributed by atoms with van der Waals surface area (Å²) in [5.41, 5.74) is 12.7. The Hall–Kier alpha value is -1.84. The maximum atomic E-state index is 11.1. The summed E-state index contributed by atoms with van der Waals surface area (Å²) in [5.74, 6) is -0.140. The summed E-state index contributed by atoms with van der Waals surface area (Å²) in [6, 6.07) is 8.34. The highest BCUT2D eigenvalue weighted by Gasteiger charge is 2.29. The normalized spacial score (nSPS) is 17.9. The molecule has 0 fully saturated rings. The Morgan fingerprint density at radius 2 is 1.89 bits per heavy atom. The smallest absolute Gasteiger partial charge is 0.220 e. The lowest BCUT2D eigenvalue weighted by Gasteiger charge is -2.16. The highest BCUT2D eigenvalue weighted by atomic mass is 16.1. The zero-order chi connectivity index (χ0) is 14.4. The zero-order valence-corrected chi connectivity index (χ0v) is 11.6. The van der Waals surface area contributed by atoms with Crippen molar-refractivity contribution >= 4 is 11.8 Å². The number of nitrogens with two attached hydrogens (primary N) is 2. The van der Waals surface area contributed by atoms with Crippen molar-refractivity contribution in [1.29, 1.82) is 0 Å². The van der Waals surface area contributed by atoms with Gasteiger partial charge in [-0.15, -0.1) is 0 Å². The van der Waals surface area contributed by atoms with E-state index in [2.05, 4.69) is 23.9 Å². The van der Waals surface area contributed by atoms with Crippen molar-refractivity contribution in [2.75, 3.05) is 0 Å². The molecule has 1 aliphatic rings. The number of hydrogen-bond acceptors (Lipinski definition) is 2. The van der Waals surface area contributed by atoms with E-state index in [1.165, 1.54) is 11.1 Å². The summed E-state index contributed by atoms with van der Waals surface area (Å²) in [5, 5.41) is 0. The summed E-state index contributed by atoms with van der Waals surface area (Å²) in [6.45, 7) is 3.65. The fourth-order valence-corrected chi connectivity index (χ4v) is 2.31. The van der Waals surface area contributed by atoms with Crippen molar-refractivity contribution < 1.29 is 9.59 Å². The summed E-state index contributed by atoms with van der Waals surface area (Å²) < 4.78 is 0. The molecule has 1 aromatic carbocycles. The molecule has 1 aromatic rings. The van der Waals surface area contributed by atoms with Crippen LogP contribution >= 0.6 is 0 Å². The number of carbonyl (C=O) groups is 2. The number of hydrogen-bond donors (Lipinski definition) is 2. The Morgan fingerprint density at radius 3 is 2.42 bits per heavy atom. The van der Waals surface area contributed by atoms with Gasteiger partial charge >= 0.3 is 0 Å².